The normalized spacial score (nSPS) is 16.7. The summed E-state index contributed by atoms with van der Waals surface area (Å²) in [5.41, 5.74) is 1.85. The van der Waals surface area contributed by atoms with E-state index in [-0.39, 0.29) is 12.5 Å². The lowest BCUT2D eigenvalue weighted by atomic mass is 9.77. The van der Waals surface area contributed by atoms with E-state index in [9.17, 15) is 9.90 Å². The fourth-order valence-corrected chi connectivity index (χ4v) is 2.73. The lowest BCUT2D eigenvalue weighted by molar-refractivity contribution is 0.0643. The largest absolute Gasteiger partial charge is 0.394 e. The maximum absolute atomic E-state index is 12.5. The molecule has 1 aromatic carbocycles. The molecule has 0 bridgehead atoms. The Kier molecular flexibility index (Phi) is 3.18. The fourth-order valence-electron chi connectivity index (χ4n) is 2.73. The van der Waals surface area contributed by atoms with Crippen LogP contribution in [-0.4, -0.2) is 28.1 Å². The van der Waals surface area contributed by atoms with Crippen LogP contribution in [0, 0.1) is 6.92 Å². The van der Waals surface area contributed by atoms with Crippen LogP contribution in [0.4, 0.5) is 0 Å². The Balaban J connectivity index is 1.99. The van der Waals surface area contributed by atoms with Gasteiger partial charge in [0.2, 0.25) is 0 Å². The molecule has 0 spiro atoms. The molecule has 104 valence electrons. The summed E-state index contributed by atoms with van der Waals surface area (Å²) in [5, 5.41) is 13.3. The molecule has 4 nitrogen and oxygen atoms in total. The molecule has 2 aromatic rings. The summed E-state index contributed by atoms with van der Waals surface area (Å²) >= 11 is 0. The number of amides is 1. The molecule has 3 rings (SSSR count). The second-order valence-corrected chi connectivity index (χ2v) is 5.57. The molecule has 1 aliphatic rings. The predicted molar refractivity (Wildman–Crippen MR) is 77.6 cm³/mol. The number of hydrogen-bond acceptors (Lipinski definition) is 3. The molecule has 1 amide bonds. The second-order valence-electron chi connectivity index (χ2n) is 5.57. The molecule has 2 N–H and O–H groups in total. The van der Waals surface area contributed by atoms with Gasteiger partial charge in [0.25, 0.3) is 5.91 Å². The first-order chi connectivity index (χ1) is 9.63. The lowest BCUT2D eigenvalue weighted by Crippen LogP contribution is -2.56. The Morgan fingerprint density at radius 1 is 1.40 bits per heavy atom. The van der Waals surface area contributed by atoms with Crippen molar-refractivity contribution in [3.63, 3.8) is 0 Å². The van der Waals surface area contributed by atoms with Crippen molar-refractivity contribution in [2.24, 2.45) is 0 Å². The maximum Gasteiger partial charge on any atom is 0.252 e. The van der Waals surface area contributed by atoms with Gasteiger partial charge in [-0.2, -0.15) is 0 Å². The highest BCUT2D eigenvalue weighted by molar-refractivity contribution is 6.06. The number of aromatic nitrogens is 1. The van der Waals surface area contributed by atoms with Crippen LogP contribution in [0.25, 0.3) is 10.9 Å². The molecule has 1 saturated carbocycles. The third kappa shape index (κ3) is 2.16. The molecule has 0 unspecified atom stereocenters. The Morgan fingerprint density at radius 3 is 2.80 bits per heavy atom. The van der Waals surface area contributed by atoms with E-state index in [1.807, 2.05) is 31.2 Å². The first kappa shape index (κ1) is 13.1. The summed E-state index contributed by atoms with van der Waals surface area (Å²) < 4.78 is 0. The maximum atomic E-state index is 12.5. The van der Waals surface area contributed by atoms with Crippen LogP contribution in [0.3, 0.4) is 0 Å². The van der Waals surface area contributed by atoms with Gasteiger partial charge in [0.15, 0.2) is 0 Å². The van der Waals surface area contributed by atoms with Crippen molar-refractivity contribution in [2.45, 2.75) is 31.7 Å². The molecule has 20 heavy (non-hydrogen) atoms. The van der Waals surface area contributed by atoms with Crippen LogP contribution in [0.15, 0.2) is 30.3 Å². The van der Waals surface area contributed by atoms with Gasteiger partial charge in [0.1, 0.15) is 0 Å². The molecular formula is C16H18N2O2. The number of nitrogens with one attached hydrogen (secondary N) is 1. The number of hydrogen-bond donors (Lipinski definition) is 2. The molecule has 0 saturated heterocycles. The summed E-state index contributed by atoms with van der Waals surface area (Å²) in [5.74, 6) is -0.125. The summed E-state index contributed by atoms with van der Waals surface area (Å²) in [6, 6.07) is 9.44. The highest BCUT2D eigenvalue weighted by Crippen LogP contribution is 2.32. The third-order valence-electron chi connectivity index (χ3n) is 4.08. The van der Waals surface area contributed by atoms with Gasteiger partial charge in [-0.15, -0.1) is 0 Å². The van der Waals surface area contributed by atoms with Crippen molar-refractivity contribution in [1.82, 2.24) is 10.3 Å². The number of carbonyl (C=O) groups is 1. The van der Waals surface area contributed by atoms with E-state index in [1.54, 1.807) is 6.07 Å². The van der Waals surface area contributed by atoms with Gasteiger partial charge in [-0.1, -0.05) is 18.2 Å². The Bertz CT molecular complexity index is 657. The van der Waals surface area contributed by atoms with Gasteiger partial charge in [0.05, 0.1) is 23.2 Å². The van der Waals surface area contributed by atoms with Crippen molar-refractivity contribution >= 4 is 16.8 Å². The number of para-hydroxylation sites is 1. The highest BCUT2D eigenvalue weighted by Gasteiger charge is 2.38. The van der Waals surface area contributed by atoms with E-state index >= 15 is 0 Å². The quantitative estimate of drug-likeness (QED) is 0.898. The minimum Gasteiger partial charge on any atom is -0.394 e. The fraction of sp³-hybridized carbons (Fsp3) is 0.375. The van der Waals surface area contributed by atoms with Gasteiger partial charge in [-0.3, -0.25) is 9.78 Å². The zero-order chi connectivity index (χ0) is 14.2. The number of nitrogens with zero attached hydrogens (tertiary/aromatic N) is 1. The first-order valence-electron chi connectivity index (χ1n) is 6.93. The average molecular weight is 270 g/mol. The zero-order valence-electron chi connectivity index (χ0n) is 11.5. The van der Waals surface area contributed by atoms with Gasteiger partial charge in [-0.05, 0) is 38.3 Å². The van der Waals surface area contributed by atoms with Crippen molar-refractivity contribution in [2.75, 3.05) is 6.61 Å². The van der Waals surface area contributed by atoms with Crippen LogP contribution in [0.1, 0.15) is 35.3 Å². The Labute approximate surface area is 117 Å². The summed E-state index contributed by atoms with van der Waals surface area (Å²) in [6.45, 7) is 1.88. The molecule has 4 heteroatoms. The lowest BCUT2D eigenvalue weighted by Gasteiger charge is -2.41. The number of carbonyl (C=O) groups excluding carboxylic acids is 1. The highest BCUT2D eigenvalue weighted by atomic mass is 16.3. The number of aliphatic hydroxyl groups excluding tert-OH is 1. The first-order valence-corrected chi connectivity index (χ1v) is 6.93. The Morgan fingerprint density at radius 2 is 2.15 bits per heavy atom. The molecule has 0 aliphatic heterocycles. The van der Waals surface area contributed by atoms with E-state index in [1.165, 1.54) is 0 Å². The summed E-state index contributed by atoms with van der Waals surface area (Å²) in [4.78, 5) is 17.0. The molecule has 1 aliphatic carbocycles. The molecular weight excluding hydrogens is 252 g/mol. The number of aliphatic hydroxyl groups is 1. The number of benzene rings is 1. The van der Waals surface area contributed by atoms with Crippen molar-refractivity contribution in [3.05, 3.63) is 41.6 Å². The van der Waals surface area contributed by atoms with Gasteiger partial charge in [0, 0.05) is 11.1 Å². The number of fused-ring (bicyclic) bond motifs is 1. The molecule has 0 atom stereocenters. The van der Waals surface area contributed by atoms with Crippen molar-refractivity contribution in [3.8, 4) is 0 Å². The van der Waals surface area contributed by atoms with Gasteiger partial charge >= 0.3 is 0 Å². The zero-order valence-corrected chi connectivity index (χ0v) is 11.5. The van der Waals surface area contributed by atoms with Gasteiger partial charge in [-0.25, -0.2) is 0 Å². The third-order valence-corrected chi connectivity index (χ3v) is 4.08. The molecule has 1 aromatic heterocycles. The predicted octanol–water partition coefficient (Wildman–Crippen LogP) is 2.19. The standard InChI is InChI=1S/C16H18N2O2/c1-11-9-13(12-5-2-3-6-14(12)17-11)15(20)18-16(10-19)7-4-8-16/h2-3,5-6,9,19H,4,7-8,10H2,1H3,(H,18,20). The molecule has 1 heterocycles. The minimum atomic E-state index is -0.421. The second kappa shape index (κ2) is 4.87. The number of aryl methyl sites for hydroxylation is 1. The molecule has 1 fully saturated rings. The molecule has 0 radical (unpaired) electrons. The van der Waals surface area contributed by atoms with E-state index in [0.29, 0.717) is 5.56 Å². The van der Waals surface area contributed by atoms with E-state index in [2.05, 4.69) is 10.3 Å². The topological polar surface area (TPSA) is 62.2 Å². The summed E-state index contributed by atoms with van der Waals surface area (Å²) in [7, 11) is 0. The SMILES string of the molecule is Cc1cc(C(=O)NC2(CO)CCC2)c2ccccc2n1. The van der Waals surface area contributed by atoms with Crippen LogP contribution in [0.2, 0.25) is 0 Å². The van der Waals surface area contributed by atoms with E-state index < -0.39 is 5.54 Å². The van der Waals surface area contributed by atoms with Crippen molar-refractivity contribution < 1.29 is 9.90 Å². The number of rotatable bonds is 3. The van der Waals surface area contributed by atoms with Crippen LogP contribution in [0.5, 0.6) is 0 Å². The minimum absolute atomic E-state index is 0.000732. The van der Waals surface area contributed by atoms with E-state index in [0.717, 1.165) is 35.9 Å². The van der Waals surface area contributed by atoms with Crippen LogP contribution >= 0.6 is 0 Å². The summed E-state index contributed by atoms with van der Waals surface area (Å²) in [6.07, 6.45) is 2.74. The van der Waals surface area contributed by atoms with Gasteiger partial charge < -0.3 is 10.4 Å². The average Bonchev–Trinajstić information content (AvgIpc) is 2.41. The smallest absolute Gasteiger partial charge is 0.252 e. The van der Waals surface area contributed by atoms with E-state index in [4.69, 9.17) is 0 Å². The number of pyridine rings is 1. The Hall–Kier alpha value is -1.94. The van der Waals surface area contributed by atoms with Crippen molar-refractivity contribution in [1.29, 1.82) is 0 Å². The monoisotopic (exact) mass is 270 g/mol. The van der Waals surface area contributed by atoms with Crippen LogP contribution < -0.4 is 5.32 Å². The van der Waals surface area contributed by atoms with Crippen LogP contribution in [-0.2, 0) is 0 Å².